The van der Waals surface area contributed by atoms with Crippen molar-refractivity contribution in [3.63, 3.8) is 0 Å². The van der Waals surface area contributed by atoms with E-state index in [0.29, 0.717) is 13.1 Å². The Morgan fingerprint density at radius 2 is 1.96 bits per heavy atom. The van der Waals surface area contributed by atoms with Gasteiger partial charge >= 0.3 is 0 Å². The molecule has 1 aromatic heterocycles. The fourth-order valence-electron chi connectivity index (χ4n) is 3.77. The van der Waals surface area contributed by atoms with Crippen molar-refractivity contribution in [3.05, 3.63) is 57.8 Å². The smallest absolute Gasteiger partial charge is 0.243 e. The minimum atomic E-state index is -0.888. The summed E-state index contributed by atoms with van der Waals surface area (Å²) in [7, 11) is 0. The van der Waals surface area contributed by atoms with Gasteiger partial charge in [0.2, 0.25) is 17.7 Å². The lowest BCUT2D eigenvalue weighted by molar-refractivity contribution is -0.146. The van der Waals surface area contributed by atoms with Crippen molar-refractivity contribution >= 4 is 29.1 Å². The molecule has 2 aliphatic heterocycles. The number of rotatable bonds is 3. The van der Waals surface area contributed by atoms with Crippen LogP contribution >= 0.6 is 11.3 Å². The zero-order valence-electron chi connectivity index (χ0n) is 14.6. The molecule has 6 heteroatoms. The monoisotopic (exact) mass is 368 g/mol. The number of amides is 3. The van der Waals surface area contributed by atoms with E-state index in [1.54, 1.807) is 23.2 Å². The van der Waals surface area contributed by atoms with Crippen LogP contribution in [0.2, 0.25) is 0 Å². The topological polar surface area (TPSA) is 57.7 Å². The van der Waals surface area contributed by atoms with Gasteiger partial charge in [0.15, 0.2) is 0 Å². The number of benzene rings is 1. The van der Waals surface area contributed by atoms with Gasteiger partial charge in [-0.05, 0) is 35.9 Å². The Labute approximate surface area is 156 Å². The van der Waals surface area contributed by atoms with Gasteiger partial charge in [0.1, 0.15) is 6.54 Å². The Kier molecular flexibility index (Phi) is 4.15. The highest BCUT2D eigenvalue weighted by atomic mass is 32.1. The van der Waals surface area contributed by atoms with Gasteiger partial charge in [0, 0.05) is 24.4 Å². The molecule has 5 nitrogen and oxygen atoms in total. The van der Waals surface area contributed by atoms with Crippen LogP contribution in [-0.2, 0) is 32.8 Å². The summed E-state index contributed by atoms with van der Waals surface area (Å²) >= 11 is 1.71. The van der Waals surface area contributed by atoms with Crippen LogP contribution in [0.15, 0.2) is 41.8 Å². The molecule has 134 valence electrons. The molecule has 0 aliphatic carbocycles. The van der Waals surface area contributed by atoms with Crippen LogP contribution in [0.5, 0.6) is 0 Å². The minimum Gasteiger partial charge on any atom is -0.336 e. The van der Waals surface area contributed by atoms with Crippen LogP contribution in [0, 0.1) is 0 Å². The van der Waals surface area contributed by atoms with Crippen molar-refractivity contribution in [1.82, 2.24) is 9.80 Å². The Bertz CT molecular complexity index is 876. The maximum atomic E-state index is 12.9. The Balaban J connectivity index is 1.49. The van der Waals surface area contributed by atoms with Crippen LogP contribution in [-0.4, -0.2) is 40.6 Å². The van der Waals surface area contributed by atoms with E-state index in [-0.39, 0.29) is 30.7 Å². The second kappa shape index (κ2) is 6.36. The number of thiophene rings is 1. The second-order valence-electron chi connectivity index (χ2n) is 7.09. The molecule has 26 heavy (non-hydrogen) atoms. The van der Waals surface area contributed by atoms with Gasteiger partial charge in [-0.1, -0.05) is 30.3 Å². The van der Waals surface area contributed by atoms with Crippen molar-refractivity contribution < 1.29 is 14.4 Å². The van der Waals surface area contributed by atoms with Crippen molar-refractivity contribution in [1.29, 1.82) is 0 Å². The maximum absolute atomic E-state index is 12.9. The summed E-state index contributed by atoms with van der Waals surface area (Å²) in [6.45, 7) is 2.81. The summed E-state index contributed by atoms with van der Waals surface area (Å²) in [5, 5.41) is 2.04. The van der Waals surface area contributed by atoms with Gasteiger partial charge < -0.3 is 4.90 Å². The van der Waals surface area contributed by atoms with Gasteiger partial charge in [-0.2, -0.15) is 0 Å². The van der Waals surface area contributed by atoms with Gasteiger partial charge in [-0.25, -0.2) is 0 Å². The third-order valence-electron chi connectivity index (χ3n) is 5.39. The van der Waals surface area contributed by atoms with Crippen LogP contribution in [0.25, 0.3) is 0 Å². The van der Waals surface area contributed by atoms with Gasteiger partial charge in [-0.15, -0.1) is 11.3 Å². The second-order valence-corrected chi connectivity index (χ2v) is 8.09. The predicted octanol–water partition coefficient (Wildman–Crippen LogP) is 2.35. The number of nitrogens with zero attached hydrogens (tertiary/aromatic N) is 2. The zero-order chi connectivity index (χ0) is 18.3. The molecular weight excluding hydrogens is 348 g/mol. The molecule has 0 bridgehead atoms. The normalized spacial score (nSPS) is 22.7. The molecule has 0 spiro atoms. The first-order valence-corrected chi connectivity index (χ1v) is 9.60. The molecule has 0 N–H and O–H groups in total. The molecular formula is C20H20N2O3S. The van der Waals surface area contributed by atoms with Crippen LogP contribution < -0.4 is 0 Å². The highest BCUT2D eigenvalue weighted by Gasteiger charge is 2.49. The first-order valence-electron chi connectivity index (χ1n) is 8.72. The van der Waals surface area contributed by atoms with E-state index in [9.17, 15) is 14.4 Å². The molecule has 0 unspecified atom stereocenters. The third-order valence-corrected chi connectivity index (χ3v) is 6.41. The third kappa shape index (κ3) is 2.74. The summed E-state index contributed by atoms with van der Waals surface area (Å²) in [6, 6.07) is 11.4. The van der Waals surface area contributed by atoms with Crippen LogP contribution in [0.3, 0.4) is 0 Å². The van der Waals surface area contributed by atoms with Gasteiger partial charge in [-0.3, -0.25) is 19.3 Å². The number of likely N-dealkylation sites (tertiary alicyclic amines) is 1. The van der Waals surface area contributed by atoms with Crippen molar-refractivity contribution in [2.24, 2.45) is 0 Å². The number of hydrogen-bond acceptors (Lipinski definition) is 4. The maximum Gasteiger partial charge on any atom is 0.243 e. The highest BCUT2D eigenvalue weighted by molar-refractivity contribution is 7.10. The lowest BCUT2D eigenvalue weighted by Gasteiger charge is -2.29. The van der Waals surface area contributed by atoms with Gasteiger partial charge in [0.25, 0.3) is 0 Å². The molecule has 4 rings (SSSR count). The molecule has 2 aromatic rings. The average Bonchev–Trinajstić information content (AvgIpc) is 3.20. The first-order chi connectivity index (χ1) is 12.5. The molecule has 1 saturated heterocycles. The zero-order valence-corrected chi connectivity index (χ0v) is 15.4. The van der Waals surface area contributed by atoms with Gasteiger partial charge in [0.05, 0.1) is 5.41 Å². The summed E-state index contributed by atoms with van der Waals surface area (Å²) in [4.78, 5) is 42.3. The minimum absolute atomic E-state index is 0.109. The van der Waals surface area contributed by atoms with Crippen molar-refractivity contribution in [3.8, 4) is 0 Å². The summed E-state index contributed by atoms with van der Waals surface area (Å²) < 4.78 is 0. The fraction of sp³-hybridized carbons (Fsp3) is 0.350. The predicted molar refractivity (Wildman–Crippen MR) is 98.6 cm³/mol. The molecule has 0 radical (unpaired) electrons. The van der Waals surface area contributed by atoms with Crippen molar-refractivity contribution in [2.75, 3.05) is 13.1 Å². The van der Waals surface area contributed by atoms with Crippen LogP contribution in [0.4, 0.5) is 0 Å². The fourth-order valence-corrected chi connectivity index (χ4v) is 4.66. The number of carbonyl (C=O) groups is 3. The van der Waals surface area contributed by atoms with E-state index in [1.165, 1.54) is 10.4 Å². The standard InChI is InChI=1S/C20H20N2O3S/c1-20(15-5-3-2-4-6-15)11-17(23)22(19(20)25)13-18(24)21-9-7-16-14(12-21)8-10-26-16/h2-6,8,10H,7,9,11-13H2,1H3/t20-/m1/s1. The molecule has 0 saturated carbocycles. The van der Waals surface area contributed by atoms with E-state index in [1.807, 2.05) is 41.8 Å². The number of carbonyl (C=O) groups excluding carboxylic acids is 3. The van der Waals surface area contributed by atoms with E-state index in [0.717, 1.165) is 16.9 Å². The molecule has 3 amide bonds. The lowest BCUT2D eigenvalue weighted by atomic mass is 9.81. The van der Waals surface area contributed by atoms with Crippen LogP contribution in [0.1, 0.15) is 29.3 Å². The van der Waals surface area contributed by atoms with Crippen molar-refractivity contribution in [2.45, 2.75) is 31.7 Å². The van der Waals surface area contributed by atoms with E-state index in [4.69, 9.17) is 0 Å². The lowest BCUT2D eigenvalue weighted by Crippen LogP contribution is -2.45. The SMILES string of the molecule is C[C@]1(c2ccccc2)CC(=O)N(CC(=O)N2CCc3sccc3C2)C1=O. The number of hydrogen-bond donors (Lipinski definition) is 0. The van der Waals surface area contributed by atoms with E-state index in [2.05, 4.69) is 0 Å². The number of imide groups is 1. The average molecular weight is 368 g/mol. The molecule has 2 aliphatic rings. The first kappa shape index (κ1) is 17.0. The summed E-state index contributed by atoms with van der Waals surface area (Å²) in [5.41, 5.74) is 1.10. The van der Waals surface area contributed by atoms with E-state index < -0.39 is 5.41 Å². The summed E-state index contributed by atoms with van der Waals surface area (Å²) in [5.74, 6) is -0.723. The molecule has 3 heterocycles. The molecule has 1 atom stereocenters. The molecule has 1 fully saturated rings. The summed E-state index contributed by atoms with van der Waals surface area (Å²) in [6.07, 6.45) is 0.945. The molecule has 1 aromatic carbocycles. The quantitative estimate of drug-likeness (QED) is 0.782. The van der Waals surface area contributed by atoms with E-state index >= 15 is 0 Å². The Morgan fingerprint density at radius 3 is 2.73 bits per heavy atom. The Hall–Kier alpha value is -2.47. The Morgan fingerprint density at radius 1 is 1.19 bits per heavy atom. The largest absolute Gasteiger partial charge is 0.336 e. The number of fused-ring (bicyclic) bond motifs is 1. The highest BCUT2D eigenvalue weighted by Crippen LogP contribution is 2.36.